The second-order valence-electron chi connectivity index (χ2n) is 5.96. The van der Waals surface area contributed by atoms with E-state index < -0.39 is 0 Å². The van der Waals surface area contributed by atoms with E-state index in [1.54, 1.807) is 6.20 Å². The molecule has 3 rings (SSSR count). The van der Waals surface area contributed by atoms with Crippen LogP contribution in [0.15, 0.2) is 30.0 Å². The minimum absolute atomic E-state index is 0.0779. The molecule has 1 fully saturated rings. The van der Waals surface area contributed by atoms with E-state index in [4.69, 9.17) is 0 Å². The fourth-order valence-corrected chi connectivity index (χ4v) is 2.67. The molecule has 2 aliphatic rings. The summed E-state index contributed by atoms with van der Waals surface area (Å²) in [6, 6.07) is 4.34. The van der Waals surface area contributed by atoms with E-state index in [0.29, 0.717) is 18.3 Å². The zero-order valence-electron chi connectivity index (χ0n) is 12.4. The van der Waals surface area contributed by atoms with Gasteiger partial charge in [0.05, 0.1) is 0 Å². The Hall–Kier alpha value is -1.84. The van der Waals surface area contributed by atoms with Gasteiger partial charge in [-0.05, 0) is 57.1 Å². The van der Waals surface area contributed by atoms with E-state index in [0.717, 1.165) is 12.1 Å². The number of nitrogens with one attached hydrogen (secondary N) is 2. The van der Waals surface area contributed by atoms with Crippen LogP contribution in [0.1, 0.15) is 55.4 Å². The Labute approximate surface area is 126 Å². The molecule has 4 nitrogen and oxygen atoms in total. The molecule has 2 aliphatic carbocycles. The average molecular weight is 285 g/mol. The van der Waals surface area contributed by atoms with E-state index >= 15 is 0 Å². The Morgan fingerprint density at radius 3 is 3.00 bits per heavy atom. The second-order valence-corrected chi connectivity index (χ2v) is 5.96. The van der Waals surface area contributed by atoms with Gasteiger partial charge in [0.1, 0.15) is 5.69 Å². The largest absolute Gasteiger partial charge is 0.382 e. The van der Waals surface area contributed by atoms with Gasteiger partial charge in [-0.25, -0.2) is 0 Å². The summed E-state index contributed by atoms with van der Waals surface area (Å²) in [5.74, 6) is -0.0779. The fourth-order valence-electron chi connectivity index (χ4n) is 2.67. The van der Waals surface area contributed by atoms with Gasteiger partial charge in [-0.1, -0.05) is 11.6 Å². The Balaban J connectivity index is 1.48. The van der Waals surface area contributed by atoms with Crippen molar-refractivity contribution in [3.63, 3.8) is 0 Å². The van der Waals surface area contributed by atoms with Crippen molar-refractivity contribution in [2.24, 2.45) is 0 Å². The molecular weight excluding hydrogens is 262 g/mol. The highest BCUT2D eigenvalue weighted by molar-refractivity contribution is 5.93. The minimum atomic E-state index is -0.0779. The number of nitrogens with zero attached hydrogens (tertiary/aromatic N) is 1. The van der Waals surface area contributed by atoms with Gasteiger partial charge in [0.25, 0.3) is 5.91 Å². The van der Waals surface area contributed by atoms with Crippen LogP contribution in [0.5, 0.6) is 0 Å². The van der Waals surface area contributed by atoms with E-state index in [2.05, 4.69) is 21.7 Å². The van der Waals surface area contributed by atoms with Crippen molar-refractivity contribution < 1.29 is 4.79 Å². The molecule has 0 atom stereocenters. The maximum atomic E-state index is 12.1. The Bertz CT molecular complexity index is 535. The molecule has 1 aromatic rings. The average Bonchev–Trinajstić information content (AvgIpc) is 3.32. The van der Waals surface area contributed by atoms with Crippen LogP contribution in [0, 0.1) is 0 Å². The van der Waals surface area contributed by atoms with Crippen molar-refractivity contribution >= 4 is 11.6 Å². The number of carbonyl (C=O) groups excluding carboxylic acids is 1. The first-order chi connectivity index (χ1) is 10.3. The Kier molecular flexibility index (Phi) is 4.53. The summed E-state index contributed by atoms with van der Waals surface area (Å²) >= 11 is 0. The van der Waals surface area contributed by atoms with Crippen molar-refractivity contribution in [2.75, 3.05) is 11.9 Å². The lowest BCUT2D eigenvalue weighted by atomic mass is 9.97. The van der Waals surface area contributed by atoms with Crippen LogP contribution in [0.4, 0.5) is 5.69 Å². The molecule has 4 heteroatoms. The number of aromatic nitrogens is 1. The van der Waals surface area contributed by atoms with Crippen LogP contribution in [0.3, 0.4) is 0 Å². The summed E-state index contributed by atoms with van der Waals surface area (Å²) < 4.78 is 0. The van der Waals surface area contributed by atoms with Crippen LogP contribution < -0.4 is 10.6 Å². The minimum Gasteiger partial charge on any atom is -0.382 e. The summed E-state index contributed by atoms with van der Waals surface area (Å²) in [5, 5.41) is 6.36. The number of allylic oxidation sites excluding steroid dienone is 1. The zero-order chi connectivity index (χ0) is 14.5. The molecular formula is C17H23N3O. The maximum Gasteiger partial charge on any atom is 0.269 e. The first-order valence-electron chi connectivity index (χ1n) is 8.00. The lowest BCUT2D eigenvalue weighted by molar-refractivity contribution is 0.0949. The first kappa shape index (κ1) is 14.1. The lowest BCUT2D eigenvalue weighted by Crippen LogP contribution is -2.25. The topological polar surface area (TPSA) is 54.0 Å². The van der Waals surface area contributed by atoms with Crippen molar-refractivity contribution in [1.82, 2.24) is 10.3 Å². The van der Waals surface area contributed by atoms with Gasteiger partial charge in [-0.2, -0.15) is 0 Å². The van der Waals surface area contributed by atoms with Crippen LogP contribution in [0.2, 0.25) is 0 Å². The molecule has 0 radical (unpaired) electrons. The third-order valence-corrected chi connectivity index (χ3v) is 4.06. The summed E-state index contributed by atoms with van der Waals surface area (Å²) in [6.45, 7) is 0.701. The van der Waals surface area contributed by atoms with E-state index in [9.17, 15) is 4.79 Å². The van der Waals surface area contributed by atoms with Gasteiger partial charge in [-0.3, -0.25) is 9.78 Å². The number of hydrogen-bond acceptors (Lipinski definition) is 3. The fraction of sp³-hybridized carbons (Fsp3) is 0.529. The van der Waals surface area contributed by atoms with Gasteiger partial charge in [-0.15, -0.1) is 0 Å². The molecule has 21 heavy (non-hydrogen) atoms. The van der Waals surface area contributed by atoms with Crippen LogP contribution in [-0.4, -0.2) is 23.5 Å². The van der Waals surface area contributed by atoms with Gasteiger partial charge in [0, 0.05) is 24.5 Å². The summed E-state index contributed by atoms with van der Waals surface area (Å²) in [6.07, 6.45) is 12.4. The van der Waals surface area contributed by atoms with Crippen molar-refractivity contribution in [3.8, 4) is 0 Å². The summed E-state index contributed by atoms with van der Waals surface area (Å²) in [4.78, 5) is 16.3. The third kappa shape index (κ3) is 4.31. The Morgan fingerprint density at radius 1 is 1.33 bits per heavy atom. The number of amides is 1. The SMILES string of the molecule is O=C(NCCC1=CCCCC1)c1cc(NC2CC2)ccn1. The molecule has 0 bridgehead atoms. The van der Waals surface area contributed by atoms with Crippen LogP contribution >= 0.6 is 0 Å². The standard InChI is InChI=1S/C17H23N3O/c21-17(19-10-8-13-4-2-1-3-5-13)16-12-15(9-11-18-16)20-14-6-7-14/h4,9,11-12,14H,1-3,5-8,10H2,(H,18,20)(H,19,21). The highest BCUT2D eigenvalue weighted by Crippen LogP contribution is 2.24. The lowest BCUT2D eigenvalue weighted by Gasteiger charge is -2.13. The maximum absolute atomic E-state index is 12.1. The second kappa shape index (κ2) is 6.74. The molecule has 2 N–H and O–H groups in total. The number of carbonyl (C=O) groups is 1. The summed E-state index contributed by atoms with van der Waals surface area (Å²) in [7, 11) is 0. The van der Waals surface area contributed by atoms with E-state index in [-0.39, 0.29) is 5.91 Å². The molecule has 0 unspecified atom stereocenters. The highest BCUT2D eigenvalue weighted by atomic mass is 16.1. The van der Waals surface area contributed by atoms with Crippen molar-refractivity contribution in [2.45, 2.75) is 51.0 Å². The predicted molar refractivity (Wildman–Crippen MR) is 84.4 cm³/mol. The van der Waals surface area contributed by atoms with Gasteiger partial charge >= 0.3 is 0 Å². The number of rotatable bonds is 6. The highest BCUT2D eigenvalue weighted by Gasteiger charge is 2.21. The molecule has 1 saturated carbocycles. The number of anilines is 1. The first-order valence-corrected chi connectivity index (χ1v) is 8.00. The van der Waals surface area contributed by atoms with Crippen LogP contribution in [-0.2, 0) is 0 Å². The molecule has 0 aliphatic heterocycles. The molecule has 0 spiro atoms. The van der Waals surface area contributed by atoms with Crippen molar-refractivity contribution in [3.05, 3.63) is 35.7 Å². The summed E-state index contributed by atoms with van der Waals surface area (Å²) in [5.41, 5.74) is 2.98. The monoisotopic (exact) mass is 285 g/mol. The third-order valence-electron chi connectivity index (χ3n) is 4.06. The predicted octanol–water partition coefficient (Wildman–Crippen LogP) is 3.28. The Morgan fingerprint density at radius 2 is 2.24 bits per heavy atom. The van der Waals surface area contributed by atoms with Crippen LogP contribution in [0.25, 0.3) is 0 Å². The number of hydrogen-bond donors (Lipinski definition) is 2. The van der Waals surface area contributed by atoms with Crippen molar-refractivity contribution in [1.29, 1.82) is 0 Å². The molecule has 0 aromatic carbocycles. The van der Waals surface area contributed by atoms with Gasteiger partial charge in [0.2, 0.25) is 0 Å². The molecule has 1 heterocycles. The normalized spacial score (nSPS) is 18.0. The smallest absolute Gasteiger partial charge is 0.269 e. The van der Waals surface area contributed by atoms with E-state index in [1.807, 2.05) is 12.1 Å². The number of pyridine rings is 1. The van der Waals surface area contributed by atoms with Gasteiger partial charge < -0.3 is 10.6 Å². The molecule has 112 valence electrons. The van der Waals surface area contributed by atoms with Gasteiger partial charge in [0.15, 0.2) is 0 Å². The quantitative estimate of drug-likeness (QED) is 0.789. The molecule has 0 saturated heterocycles. The molecule has 1 amide bonds. The van der Waals surface area contributed by atoms with E-state index in [1.165, 1.54) is 44.1 Å². The molecule has 1 aromatic heterocycles. The zero-order valence-corrected chi connectivity index (χ0v) is 12.4.